The Morgan fingerprint density at radius 1 is 0.848 bits per heavy atom. The van der Waals surface area contributed by atoms with E-state index in [-0.39, 0.29) is 11.1 Å². The first-order valence-electron chi connectivity index (χ1n) is 13.0. The summed E-state index contributed by atoms with van der Waals surface area (Å²) in [5.41, 5.74) is 3.71. The molecule has 0 aromatic heterocycles. The Labute approximate surface area is 202 Å². The van der Waals surface area contributed by atoms with Crippen molar-refractivity contribution in [3.8, 4) is 0 Å². The van der Waals surface area contributed by atoms with Crippen LogP contribution in [0.1, 0.15) is 72.6 Å². The molecule has 0 N–H and O–H groups in total. The number of rotatable bonds is 4. The number of allylic oxidation sites excluding steroid dienone is 3. The fourth-order valence-corrected chi connectivity index (χ4v) is 11.8. The normalized spacial score (nSPS) is 27.8. The Bertz CT molecular complexity index is 990. The van der Waals surface area contributed by atoms with Crippen LogP contribution >= 0.6 is 0 Å². The summed E-state index contributed by atoms with van der Waals surface area (Å²) in [6, 6.07) is 22.3. The molecule has 0 saturated heterocycles. The molecule has 2 heteroatoms. The van der Waals surface area contributed by atoms with E-state index < -0.39 is 8.32 Å². The molecule has 3 aliphatic carbocycles. The SMILES string of the molecule is CC(C)(C)[Si](O[C@@H]1CC[C@]2(C)C(=CC=C3CCCC[C@H]32)C1)(c1ccccc1)c1ccccc1. The van der Waals surface area contributed by atoms with Crippen LogP contribution in [0.5, 0.6) is 0 Å². The van der Waals surface area contributed by atoms with Gasteiger partial charge in [-0.2, -0.15) is 0 Å². The molecular weight excluding hydrogens is 416 g/mol. The molecule has 33 heavy (non-hydrogen) atoms. The number of hydrogen-bond acceptors (Lipinski definition) is 1. The van der Waals surface area contributed by atoms with Crippen LogP contribution in [0.3, 0.4) is 0 Å². The summed E-state index contributed by atoms with van der Waals surface area (Å²) in [4.78, 5) is 0. The maximum Gasteiger partial charge on any atom is 0.261 e. The van der Waals surface area contributed by atoms with Crippen LogP contribution in [0.4, 0.5) is 0 Å². The third-order valence-electron chi connectivity index (χ3n) is 8.85. The molecule has 2 aromatic rings. The van der Waals surface area contributed by atoms with Crippen molar-refractivity contribution in [3.05, 3.63) is 84.0 Å². The summed E-state index contributed by atoms with van der Waals surface area (Å²) in [5, 5.41) is 2.82. The lowest BCUT2D eigenvalue weighted by Gasteiger charge is -2.52. The average Bonchev–Trinajstić information content (AvgIpc) is 2.83. The van der Waals surface area contributed by atoms with Crippen LogP contribution < -0.4 is 10.4 Å². The van der Waals surface area contributed by atoms with Gasteiger partial charge < -0.3 is 4.43 Å². The van der Waals surface area contributed by atoms with E-state index in [1.807, 2.05) is 0 Å². The van der Waals surface area contributed by atoms with Crippen molar-refractivity contribution >= 4 is 18.7 Å². The Hall–Kier alpha value is -1.90. The average molecular weight is 457 g/mol. The molecule has 0 heterocycles. The molecule has 2 saturated carbocycles. The van der Waals surface area contributed by atoms with Gasteiger partial charge in [0.2, 0.25) is 0 Å². The second-order valence-corrected chi connectivity index (χ2v) is 16.0. The van der Waals surface area contributed by atoms with Crippen LogP contribution in [0.15, 0.2) is 84.0 Å². The Morgan fingerprint density at radius 3 is 2.09 bits per heavy atom. The molecule has 3 aliphatic rings. The van der Waals surface area contributed by atoms with E-state index in [1.54, 1.807) is 11.1 Å². The minimum Gasteiger partial charge on any atom is -0.404 e. The zero-order chi connectivity index (χ0) is 23.1. The molecule has 174 valence electrons. The third kappa shape index (κ3) is 3.90. The van der Waals surface area contributed by atoms with Crippen LogP contribution in [-0.2, 0) is 4.43 Å². The zero-order valence-corrected chi connectivity index (χ0v) is 21.9. The molecule has 3 atom stereocenters. The van der Waals surface area contributed by atoms with Gasteiger partial charge in [0.05, 0.1) is 0 Å². The molecule has 0 spiro atoms. The van der Waals surface area contributed by atoms with Gasteiger partial charge in [-0.15, -0.1) is 0 Å². The van der Waals surface area contributed by atoms with Crippen molar-refractivity contribution in [2.75, 3.05) is 0 Å². The van der Waals surface area contributed by atoms with E-state index in [0.29, 0.717) is 5.41 Å². The third-order valence-corrected chi connectivity index (χ3v) is 13.9. The first kappa shape index (κ1) is 22.9. The molecule has 0 bridgehead atoms. The maximum absolute atomic E-state index is 7.52. The summed E-state index contributed by atoms with van der Waals surface area (Å²) in [5.74, 6) is 0.764. The van der Waals surface area contributed by atoms with Crippen molar-refractivity contribution < 1.29 is 4.43 Å². The standard InChI is InChI=1S/C31H40OSi/c1-30(2,3)33(27-14-7-5-8-15-27,28-16-9-6-10-17-28)32-26-21-22-31(4)25(23-26)20-19-24-13-11-12-18-29(24)31/h5-10,14-17,19-20,26,29H,11-13,18,21-23H2,1-4H3/t26-,29-,31-/m1/s1. The van der Waals surface area contributed by atoms with Crippen LogP contribution in [0.2, 0.25) is 5.04 Å². The van der Waals surface area contributed by atoms with Gasteiger partial charge in [0.15, 0.2) is 0 Å². The molecule has 1 nitrogen and oxygen atoms in total. The van der Waals surface area contributed by atoms with Gasteiger partial charge in [0.25, 0.3) is 8.32 Å². The molecular formula is C31H40OSi. The van der Waals surface area contributed by atoms with Crippen molar-refractivity contribution in [3.63, 3.8) is 0 Å². The van der Waals surface area contributed by atoms with Crippen molar-refractivity contribution in [1.29, 1.82) is 0 Å². The summed E-state index contributed by atoms with van der Waals surface area (Å²) >= 11 is 0. The van der Waals surface area contributed by atoms with Gasteiger partial charge in [-0.1, -0.05) is 118 Å². The van der Waals surface area contributed by atoms with E-state index in [0.717, 1.165) is 12.3 Å². The smallest absolute Gasteiger partial charge is 0.261 e. The Kier molecular flexibility index (Phi) is 6.03. The quantitative estimate of drug-likeness (QED) is 0.443. The number of hydrogen-bond donors (Lipinski definition) is 0. The van der Waals surface area contributed by atoms with Gasteiger partial charge in [-0.25, -0.2) is 0 Å². The molecule has 0 radical (unpaired) electrons. The molecule has 0 aliphatic heterocycles. The molecule has 2 fully saturated rings. The summed E-state index contributed by atoms with van der Waals surface area (Å²) in [6.45, 7) is 9.73. The van der Waals surface area contributed by atoms with E-state index >= 15 is 0 Å². The predicted octanol–water partition coefficient (Wildman–Crippen LogP) is 7.18. The van der Waals surface area contributed by atoms with Crippen molar-refractivity contribution in [2.45, 2.75) is 83.8 Å². The van der Waals surface area contributed by atoms with Gasteiger partial charge in [0, 0.05) is 6.10 Å². The monoisotopic (exact) mass is 456 g/mol. The fraction of sp³-hybridized carbons (Fsp3) is 0.484. The Balaban J connectivity index is 1.53. The van der Waals surface area contributed by atoms with Gasteiger partial charge >= 0.3 is 0 Å². The number of fused-ring (bicyclic) bond motifs is 3. The first-order chi connectivity index (χ1) is 15.8. The Morgan fingerprint density at radius 2 is 1.48 bits per heavy atom. The lowest BCUT2D eigenvalue weighted by molar-refractivity contribution is 0.0922. The lowest BCUT2D eigenvalue weighted by atomic mass is 9.56. The highest BCUT2D eigenvalue weighted by Crippen LogP contribution is 2.55. The fourth-order valence-electron chi connectivity index (χ4n) is 7.07. The van der Waals surface area contributed by atoms with Crippen LogP contribution in [0.25, 0.3) is 0 Å². The second-order valence-electron chi connectivity index (χ2n) is 11.8. The first-order valence-corrected chi connectivity index (χ1v) is 14.9. The minimum absolute atomic E-state index is 0.0356. The van der Waals surface area contributed by atoms with Crippen LogP contribution in [0, 0.1) is 11.3 Å². The van der Waals surface area contributed by atoms with Gasteiger partial charge in [0.1, 0.15) is 0 Å². The minimum atomic E-state index is -2.49. The highest BCUT2D eigenvalue weighted by atomic mass is 28.4. The van der Waals surface area contributed by atoms with E-state index in [1.165, 1.54) is 48.9 Å². The maximum atomic E-state index is 7.52. The van der Waals surface area contributed by atoms with Gasteiger partial charge in [-0.05, 0) is 65.3 Å². The topological polar surface area (TPSA) is 9.23 Å². The molecule has 2 aromatic carbocycles. The summed E-state index contributed by atoms with van der Waals surface area (Å²) in [7, 11) is -2.49. The largest absolute Gasteiger partial charge is 0.404 e. The summed E-state index contributed by atoms with van der Waals surface area (Å²) < 4.78 is 7.52. The molecule has 5 rings (SSSR count). The van der Waals surface area contributed by atoms with Gasteiger partial charge in [-0.3, -0.25) is 0 Å². The predicted molar refractivity (Wildman–Crippen MR) is 143 cm³/mol. The molecule has 0 amide bonds. The zero-order valence-electron chi connectivity index (χ0n) is 20.9. The van der Waals surface area contributed by atoms with Crippen molar-refractivity contribution in [1.82, 2.24) is 0 Å². The van der Waals surface area contributed by atoms with Crippen LogP contribution in [-0.4, -0.2) is 14.4 Å². The van der Waals surface area contributed by atoms with E-state index in [2.05, 4.69) is 101 Å². The van der Waals surface area contributed by atoms with E-state index in [9.17, 15) is 0 Å². The number of benzene rings is 2. The second kappa shape index (κ2) is 8.71. The highest BCUT2D eigenvalue weighted by molar-refractivity contribution is 6.99. The summed E-state index contributed by atoms with van der Waals surface area (Å²) in [6.07, 6.45) is 14.2. The lowest BCUT2D eigenvalue weighted by Crippen LogP contribution is -2.68. The van der Waals surface area contributed by atoms with E-state index in [4.69, 9.17) is 4.43 Å². The highest BCUT2D eigenvalue weighted by Gasteiger charge is 2.53. The molecule has 0 unspecified atom stereocenters. The van der Waals surface area contributed by atoms with Crippen molar-refractivity contribution in [2.24, 2.45) is 11.3 Å².